The predicted octanol–water partition coefficient (Wildman–Crippen LogP) is 2.66. The molecule has 0 aliphatic carbocycles. The Balaban J connectivity index is 1.96. The van der Waals surface area contributed by atoms with Gasteiger partial charge in [-0.3, -0.25) is 4.98 Å². The van der Waals surface area contributed by atoms with Crippen LogP contribution in [-0.4, -0.2) is 43.5 Å². The molecule has 0 atom stereocenters. The Morgan fingerprint density at radius 2 is 1.73 bits per heavy atom. The van der Waals surface area contributed by atoms with E-state index in [0.717, 1.165) is 28.3 Å². The highest BCUT2D eigenvalue weighted by Crippen LogP contribution is 2.32. The van der Waals surface area contributed by atoms with Crippen LogP contribution in [0.3, 0.4) is 0 Å². The number of methoxy groups -OCH3 is 1. The molecule has 1 aromatic carbocycles. The quantitative estimate of drug-likeness (QED) is 0.548. The Morgan fingerprint density at radius 3 is 2.42 bits per heavy atom. The number of hydrogen-bond donors (Lipinski definition) is 0. The molecule has 0 aliphatic heterocycles. The van der Waals surface area contributed by atoms with E-state index in [0.29, 0.717) is 12.4 Å². The van der Waals surface area contributed by atoms with Crippen molar-refractivity contribution in [2.24, 2.45) is 0 Å². The number of pyridine rings is 1. The zero-order chi connectivity index (χ0) is 17.9. The standard InChI is InChI=1S/C18H16N6O2/c1-3-26-18-22-21-17-20-15(12-4-6-14(25-2)7-5-12)16(24(17)23-18)13-8-10-19-11-9-13/h4-11H,3H2,1-2H3. The predicted molar refractivity (Wildman–Crippen MR) is 95.0 cm³/mol. The van der Waals surface area contributed by atoms with Gasteiger partial charge in [0.1, 0.15) is 17.1 Å². The molecule has 0 amide bonds. The average Bonchev–Trinajstić information content (AvgIpc) is 3.08. The van der Waals surface area contributed by atoms with Crippen molar-refractivity contribution in [1.82, 2.24) is 29.8 Å². The van der Waals surface area contributed by atoms with Crippen LogP contribution in [0.2, 0.25) is 0 Å². The number of fused-ring (bicyclic) bond motifs is 1. The smallest absolute Gasteiger partial charge is 0.353 e. The molecule has 8 nitrogen and oxygen atoms in total. The third-order valence-electron chi connectivity index (χ3n) is 3.84. The molecule has 0 aliphatic rings. The second-order valence-corrected chi connectivity index (χ2v) is 5.40. The molecule has 0 N–H and O–H groups in total. The second-order valence-electron chi connectivity index (χ2n) is 5.40. The topological polar surface area (TPSA) is 87.3 Å². The molecule has 0 saturated carbocycles. The van der Waals surface area contributed by atoms with Gasteiger partial charge in [-0.25, -0.2) is 4.98 Å². The lowest BCUT2D eigenvalue weighted by Gasteiger charge is -2.06. The summed E-state index contributed by atoms with van der Waals surface area (Å²) in [4.78, 5) is 8.71. The first-order valence-electron chi connectivity index (χ1n) is 8.11. The van der Waals surface area contributed by atoms with Crippen LogP contribution in [0.5, 0.6) is 11.8 Å². The molecule has 4 rings (SSSR count). The third kappa shape index (κ3) is 2.81. The van der Waals surface area contributed by atoms with E-state index in [1.807, 2.05) is 43.3 Å². The Morgan fingerprint density at radius 1 is 0.962 bits per heavy atom. The van der Waals surface area contributed by atoms with Gasteiger partial charge in [-0.05, 0) is 43.3 Å². The van der Waals surface area contributed by atoms with E-state index in [1.165, 1.54) is 0 Å². The summed E-state index contributed by atoms with van der Waals surface area (Å²) in [5.74, 6) is 1.17. The minimum Gasteiger partial charge on any atom is -0.497 e. The second kappa shape index (κ2) is 6.75. The summed E-state index contributed by atoms with van der Waals surface area (Å²) < 4.78 is 12.3. The summed E-state index contributed by atoms with van der Waals surface area (Å²) in [5.41, 5.74) is 3.38. The van der Waals surface area contributed by atoms with Crippen LogP contribution in [0.4, 0.5) is 0 Å². The van der Waals surface area contributed by atoms with E-state index in [-0.39, 0.29) is 6.01 Å². The summed E-state index contributed by atoms with van der Waals surface area (Å²) >= 11 is 0. The molecule has 0 spiro atoms. The lowest BCUT2D eigenvalue weighted by atomic mass is 10.1. The third-order valence-corrected chi connectivity index (χ3v) is 3.84. The Kier molecular flexibility index (Phi) is 4.14. The van der Waals surface area contributed by atoms with Gasteiger partial charge in [0, 0.05) is 23.5 Å². The lowest BCUT2D eigenvalue weighted by molar-refractivity contribution is 0.301. The zero-order valence-corrected chi connectivity index (χ0v) is 14.3. The molecule has 0 bridgehead atoms. The number of hydrogen-bond acceptors (Lipinski definition) is 7. The van der Waals surface area contributed by atoms with Gasteiger partial charge in [-0.15, -0.1) is 10.2 Å². The zero-order valence-electron chi connectivity index (χ0n) is 14.3. The molecule has 0 saturated heterocycles. The summed E-state index contributed by atoms with van der Waals surface area (Å²) in [6.07, 6.45) is 3.45. The van der Waals surface area contributed by atoms with Gasteiger partial charge in [-0.2, -0.15) is 4.52 Å². The van der Waals surface area contributed by atoms with Gasteiger partial charge in [0.25, 0.3) is 5.78 Å². The van der Waals surface area contributed by atoms with Crippen molar-refractivity contribution in [2.75, 3.05) is 13.7 Å². The summed E-state index contributed by atoms with van der Waals surface area (Å²) in [6.45, 7) is 2.33. The lowest BCUT2D eigenvalue weighted by Crippen LogP contribution is -2.05. The van der Waals surface area contributed by atoms with Crippen LogP contribution < -0.4 is 9.47 Å². The van der Waals surface area contributed by atoms with Gasteiger partial charge in [-0.1, -0.05) is 5.10 Å². The fourth-order valence-electron chi connectivity index (χ4n) is 2.66. The van der Waals surface area contributed by atoms with Gasteiger partial charge >= 0.3 is 6.01 Å². The molecule has 4 aromatic rings. The number of imidazole rings is 1. The molecular formula is C18H16N6O2. The van der Waals surface area contributed by atoms with E-state index in [4.69, 9.17) is 9.47 Å². The molecule has 130 valence electrons. The Hall–Kier alpha value is -3.55. The monoisotopic (exact) mass is 348 g/mol. The maximum absolute atomic E-state index is 5.39. The molecule has 3 heterocycles. The number of rotatable bonds is 5. The maximum atomic E-state index is 5.39. The summed E-state index contributed by atoms with van der Waals surface area (Å²) in [6, 6.07) is 11.7. The number of nitrogens with zero attached hydrogens (tertiary/aromatic N) is 6. The molecule has 0 fully saturated rings. The van der Waals surface area contributed by atoms with Crippen LogP contribution in [0.15, 0.2) is 48.8 Å². The van der Waals surface area contributed by atoms with Crippen LogP contribution in [0, 0.1) is 0 Å². The SMILES string of the molecule is CCOc1nnc2nc(-c3ccc(OC)cc3)c(-c3ccncc3)n2n1. The molecule has 26 heavy (non-hydrogen) atoms. The van der Waals surface area contributed by atoms with Gasteiger partial charge in [0.15, 0.2) is 0 Å². The van der Waals surface area contributed by atoms with Crippen molar-refractivity contribution in [3.05, 3.63) is 48.8 Å². The van der Waals surface area contributed by atoms with Crippen LogP contribution in [0.25, 0.3) is 28.3 Å². The van der Waals surface area contributed by atoms with E-state index < -0.39 is 0 Å². The Bertz CT molecular complexity index is 1030. The largest absolute Gasteiger partial charge is 0.497 e. The summed E-state index contributed by atoms with van der Waals surface area (Å²) in [7, 11) is 1.64. The van der Waals surface area contributed by atoms with Gasteiger partial charge in [0.05, 0.1) is 13.7 Å². The average molecular weight is 348 g/mol. The highest BCUT2D eigenvalue weighted by Gasteiger charge is 2.19. The maximum Gasteiger partial charge on any atom is 0.353 e. The van der Waals surface area contributed by atoms with Crippen LogP contribution >= 0.6 is 0 Å². The van der Waals surface area contributed by atoms with E-state index in [9.17, 15) is 0 Å². The van der Waals surface area contributed by atoms with Crippen molar-refractivity contribution >= 4 is 5.78 Å². The Labute approximate surface area is 149 Å². The normalized spacial score (nSPS) is 10.8. The molecule has 0 radical (unpaired) electrons. The van der Waals surface area contributed by atoms with Gasteiger partial charge in [0.2, 0.25) is 0 Å². The van der Waals surface area contributed by atoms with Gasteiger partial charge < -0.3 is 9.47 Å². The van der Waals surface area contributed by atoms with E-state index in [1.54, 1.807) is 24.0 Å². The minimum absolute atomic E-state index is 0.203. The van der Waals surface area contributed by atoms with Crippen molar-refractivity contribution in [3.8, 4) is 34.3 Å². The fraction of sp³-hybridized carbons (Fsp3) is 0.167. The van der Waals surface area contributed by atoms with Crippen molar-refractivity contribution < 1.29 is 9.47 Å². The van der Waals surface area contributed by atoms with E-state index in [2.05, 4.69) is 25.3 Å². The van der Waals surface area contributed by atoms with Crippen molar-refractivity contribution in [3.63, 3.8) is 0 Å². The highest BCUT2D eigenvalue weighted by atomic mass is 16.5. The van der Waals surface area contributed by atoms with Crippen molar-refractivity contribution in [1.29, 1.82) is 0 Å². The first-order chi connectivity index (χ1) is 12.8. The number of benzene rings is 1. The first kappa shape index (κ1) is 15.9. The molecule has 8 heteroatoms. The van der Waals surface area contributed by atoms with E-state index >= 15 is 0 Å². The highest BCUT2D eigenvalue weighted by molar-refractivity contribution is 5.80. The minimum atomic E-state index is 0.203. The van der Waals surface area contributed by atoms with Crippen molar-refractivity contribution in [2.45, 2.75) is 6.92 Å². The van der Waals surface area contributed by atoms with Crippen LogP contribution in [0.1, 0.15) is 6.92 Å². The molecule has 0 unspecified atom stereocenters. The first-order valence-corrected chi connectivity index (χ1v) is 8.11. The molecular weight excluding hydrogens is 332 g/mol. The summed E-state index contributed by atoms with van der Waals surface area (Å²) in [5, 5.41) is 12.5. The fourth-order valence-corrected chi connectivity index (χ4v) is 2.66. The van der Waals surface area contributed by atoms with Crippen LogP contribution in [-0.2, 0) is 0 Å². The number of aromatic nitrogens is 6. The molecule has 3 aromatic heterocycles. The number of ether oxygens (including phenoxy) is 2.